The van der Waals surface area contributed by atoms with Crippen molar-refractivity contribution >= 4 is 23.2 Å². The summed E-state index contributed by atoms with van der Waals surface area (Å²) in [6, 6.07) is 14.5. The Balaban J connectivity index is 1.91. The SMILES string of the molecule is O=C1CCCN1CN(C(=O)c1ccccc1)c1ccc([N+](=O)[O-])cc1. The second-order valence-electron chi connectivity index (χ2n) is 5.77. The van der Waals surface area contributed by atoms with Crippen LogP contribution in [0.3, 0.4) is 0 Å². The first-order valence-corrected chi connectivity index (χ1v) is 7.95. The number of hydrogen-bond acceptors (Lipinski definition) is 4. The Hall–Kier alpha value is -3.22. The molecule has 0 spiro atoms. The lowest BCUT2D eigenvalue weighted by Crippen LogP contribution is -2.42. The minimum absolute atomic E-state index is 0.00720. The van der Waals surface area contributed by atoms with Crippen LogP contribution in [-0.2, 0) is 4.79 Å². The topological polar surface area (TPSA) is 83.8 Å². The molecule has 0 radical (unpaired) electrons. The molecule has 1 heterocycles. The van der Waals surface area contributed by atoms with Crippen molar-refractivity contribution in [2.75, 3.05) is 18.1 Å². The highest BCUT2D eigenvalue weighted by molar-refractivity contribution is 6.06. The third kappa shape index (κ3) is 3.65. The van der Waals surface area contributed by atoms with Crippen LogP contribution in [0.4, 0.5) is 11.4 Å². The number of anilines is 1. The molecular formula is C18H17N3O4. The van der Waals surface area contributed by atoms with E-state index in [-0.39, 0.29) is 24.2 Å². The molecule has 7 nitrogen and oxygen atoms in total. The molecule has 1 aliphatic heterocycles. The molecule has 0 aliphatic carbocycles. The standard InChI is InChI=1S/C18H17N3O4/c22-17-7-4-12-19(17)13-20(18(23)14-5-2-1-3-6-14)15-8-10-16(11-9-15)21(24)25/h1-3,5-6,8-11H,4,7,12-13H2. The van der Waals surface area contributed by atoms with Crippen LogP contribution < -0.4 is 4.90 Å². The highest BCUT2D eigenvalue weighted by Gasteiger charge is 2.26. The third-order valence-electron chi connectivity index (χ3n) is 4.12. The predicted molar refractivity (Wildman–Crippen MR) is 92.2 cm³/mol. The van der Waals surface area contributed by atoms with E-state index in [1.54, 1.807) is 29.2 Å². The Morgan fingerprint density at radius 1 is 1.12 bits per heavy atom. The maximum atomic E-state index is 12.9. The smallest absolute Gasteiger partial charge is 0.269 e. The summed E-state index contributed by atoms with van der Waals surface area (Å²) in [6.07, 6.45) is 1.25. The highest BCUT2D eigenvalue weighted by atomic mass is 16.6. The third-order valence-corrected chi connectivity index (χ3v) is 4.12. The molecule has 3 rings (SSSR count). The van der Waals surface area contributed by atoms with Crippen LogP contribution >= 0.6 is 0 Å². The zero-order chi connectivity index (χ0) is 17.8. The van der Waals surface area contributed by atoms with Gasteiger partial charge in [0.05, 0.1) is 4.92 Å². The number of non-ortho nitro benzene ring substituents is 1. The van der Waals surface area contributed by atoms with E-state index in [0.717, 1.165) is 6.42 Å². The van der Waals surface area contributed by atoms with Gasteiger partial charge in [-0.25, -0.2) is 0 Å². The number of nitrogens with zero attached hydrogens (tertiary/aromatic N) is 3. The van der Waals surface area contributed by atoms with E-state index < -0.39 is 4.92 Å². The number of nitro groups is 1. The fraction of sp³-hybridized carbons (Fsp3) is 0.222. The summed E-state index contributed by atoms with van der Waals surface area (Å²) < 4.78 is 0. The van der Waals surface area contributed by atoms with Gasteiger partial charge in [0.15, 0.2) is 0 Å². The van der Waals surface area contributed by atoms with Crippen LogP contribution in [0.25, 0.3) is 0 Å². The molecular weight excluding hydrogens is 322 g/mol. The van der Waals surface area contributed by atoms with E-state index in [2.05, 4.69) is 0 Å². The zero-order valence-electron chi connectivity index (χ0n) is 13.5. The molecule has 0 saturated carbocycles. The van der Waals surface area contributed by atoms with E-state index in [1.807, 2.05) is 6.07 Å². The number of hydrogen-bond donors (Lipinski definition) is 0. The number of nitro benzene ring substituents is 1. The van der Waals surface area contributed by atoms with Crippen LogP contribution in [0.15, 0.2) is 54.6 Å². The maximum Gasteiger partial charge on any atom is 0.269 e. The summed E-state index contributed by atoms with van der Waals surface area (Å²) in [5, 5.41) is 10.8. The predicted octanol–water partition coefficient (Wildman–Crippen LogP) is 2.82. The van der Waals surface area contributed by atoms with Crippen molar-refractivity contribution in [2.24, 2.45) is 0 Å². The number of carbonyl (C=O) groups excluding carboxylic acids is 2. The first-order valence-electron chi connectivity index (χ1n) is 7.95. The largest absolute Gasteiger partial charge is 0.324 e. The van der Waals surface area contributed by atoms with Crippen molar-refractivity contribution in [1.82, 2.24) is 4.90 Å². The zero-order valence-corrected chi connectivity index (χ0v) is 13.5. The van der Waals surface area contributed by atoms with Gasteiger partial charge in [0.2, 0.25) is 5.91 Å². The van der Waals surface area contributed by atoms with Gasteiger partial charge in [-0.15, -0.1) is 0 Å². The molecule has 2 aromatic rings. The van der Waals surface area contributed by atoms with Gasteiger partial charge in [0, 0.05) is 36.3 Å². The summed E-state index contributed by atoms with van der Waals surface area (Å²) in [5.41, 5.74) is 0.958. The Morgan fingerprint density at radius 3 is 2.36 bits per heavy atom. The maximum absolute atomic E-state index is 12.9. The van der Waals surface area contributed by atoms with Crippen LogP contribution in [0.1, 0.15) is 23.2 Å². The van der Waals surface area contributed by atoms with Crippen molar-refractivity contribution in [3.63, 3.8) is 0 Å². The summed E-state index contributed by atoms with van der Waals surface area (Å²) in [4.78, 5) is 38.3. The number of benzene rings is 2. The molecule has 25 heavy (non-hydrogen) atoms. The van der Waals surface area contributed by atoms with Crippen molar-refractivity contribution in [2.45, 2.75) is 12.8 Å². The Bertz CT molecular complexity index is 790. The Kier molecular flexibility index (Phi) is 4.74. The van der Waals surface area contributed by atoms with E-state index in [4.69, 9.17) is 0 Å². The minimum Gasteiger partial charge on any atom is -0.324 e. The average Bonchev–Trinajstić information content (AvgIpc) is 3.04. The molecule has 0 unspecified atom stereocenters. The highest BCUT2D eigenvalue weighted by Crippen LogP contribution is 2.23. The second kappa shape index (κ2) is 7.12. The van der Waals surface area contributed by atoms with Crippen LogP contribution in [-0.4, -0.2) is 34.9 Å². The lowest BCUT2D eigenvalue weighted by Gasteiger charge is -2.28. The van der Waals surface area contributed by atoms with Crippen LogP contribution in [0.2, 0.25) is 0 Å². The lowest BCUT2D eigenvalue weighted by molar-refractivity contribution is -0.384. The van der Waals surface area contributed by atoms with Gasteiger partial charge in [-0.1, -0.05) is 18.2 Å². The molecule has 128 valence electrons. The van der Waals surface area contributed by atoms with Gasteiger partial charge in [-0.05, 0) is 30.7 Å². The van der Waals surface area contributed by atoms with Gasteiger partial charge >= 0.3 is 0 Å². The van der Waals surface area contributed by atoms with Gasteiger partial charge in [0.1, 0.15) is 6.67 Å². The van der Waals surface area contributed by atoms with E-state index >= 15 is 0 Å². The number of amides is 2. The summed E-state index contributed by atoms with van der Waals surface area (Å²) >= 11 is 0. The minimum atomic E-state index is -0.489. The molecule has 7 heteroatoms. The molecule has 1 saturated heterocycles. The normalized spacial score (nSPS) is 13.8. The lowest BCUT2D eigenvalue weighted by atomic mass is 10.2. The summed E-state index contributed by atoms with van der Waals surface area (Å²) in [7, 11) is 0. The van der Waals surface area contributed by atoms with E-state index in [1.165, 1.54) is 29.2 Å². The summed E-state index contributed by atoms with van der Waals surface area (Å²) in [6.45, 7) is 0.731. The molecule has 2 amide bonds. The molecule has 0 bridgehead atoms. The Morgan fingerprint density at radius 2 is 1.80 bits per heavy atom. The molecule has 0 aromatic heterocycles. The first-order chi connectivity index (χ1) is 12.1. The fourth-order valence-corrected chi connectivity index (χ4v) is 2.78. The Labute approximate surface area is 144 Å². The van der Waals surface area contributed by atoms with Gasteiger partial charge in [-0.2, -0.15) is 0 Å². The molecule has 2 aromatic carbocycles. The quantitative estimate of drug-likeness (QED) is 0.619. The van der Waals surface area contributed by atoms with Crippen molar-refractivity contribution in [3.8, 4) is 0 Å². The van der Waals surface area contributed by atoms with Crippen LogP contribution in [0, 0.1) is 10.1 Å². The van der Waals surface area contributed by atoms with E-state index in [9.17, 15) is 19.7 Å². The van der Waals surface area contributed by atoms with Crippen LogP contribution in [0.5, 0.6) is 0 Å². The van der Waals surface area contributed by atoms with Crippen molar-refractivity contribution in [1.29, 1.82) is 0 Å². The molecule has 1 aliphatic rings. The van der Waals surface area contributed by atoms with Gasteiger partial charge in [-0.3, -0.25) is 24.6 Å². The molecule has 0 N–H and O–H groups in total. The number of rotatable bonds is 5. The average molecular weight is 339 g/mol. The monoisotopic (exact) mass is 339 g/mol. The number of likely N-dealkylation sites (tertiary alicyclic amines) is 1. The fourth-order valence-electron chi connectivity index (χ4n) is 2.78. The molecule has 1 fully saturated rings. The van der Waals surface area contributed by atoms with E-state index in [0.29, 0.717) is 24.2 Å². The summed E-state index contributed by atoms with van der Waals surface area (Å²) in [5.74, 6) is -0.248. The van der Waals surface area contributed by atoms with Gasteiger partial charge in [0.25, 0.3) is 11.6 Å². The number of carbonyl (C=O) groups is 2. The van der Waals surface area contributed by atoms with Gasteiger partial charge < -0.3 is 4.90 Å². The first kappa shape index (κ1) is 16.6. The molecule has 0 atom stereocenters. The van der Waals surface area contributed by atoms with Crippen molar-refractivity contribution in [3.05, 3.63) is 70.3 Å². The second-order valence-corrected chi connectivity index (χ2v) is 5.77. The van der Waals surface area contributed by atoms with Crippen molar-refractivity contribution < 1.29 is 14.5 Å².